The van der Waals surface area contributed by atoms with Gasteiger partial charge in [0.25, 0.3) is 0 Å². The Morgan fingerprint density at radius 2 is 1.67 bits per heavy atom. The molecule has 0 saturated heterocycles. The monoisotopic (exact) mass is 450 g/mol. The van der Waals surface area contributed by atoms with Gasteiger partial charge in [0, 0.05) is 24.9 Å². The van der Waals surface area contributed by atoms with Crippen molar-refractivity contribution in [2.24, 2.45) is 0 Å². The van der Waals surface area contributed by atoms with Gasteiger partial charge in [0.1, 0.15) is 12.6 Å². The Morgan fingerprint density at radius 1 is 1.06 bits per heavy atom. The molecule has 0 spiro atoms. The van der Waals surface area contributed by atoms with Crippen molar-refractivity contribution in [3.8, 4) is 11.1 Å². The number of amides is 2. The molecular weight excluding hydrogens is 420 g/mol. The number of fused-ring (bicyclic) bond motifs is 3. The van der Waals surface area contributed by atoms with Crippen LogP contribution in [-0.4, -0.2) is 53.2 Å². The number of nitrogens with one attached hydrogen (secondary N) is 1. The summed E-state index contributed by atoms with van der Waals surface area (Å²) in [6, 6.07) is 15.4. The van der Waals surface area contributed by atoms with Gasteiger partial charge >= 0.3 is 12.1 Å². The number of carboxylic acids is 1. The predicted octanol–water partition coefficient (Wildman–Crippen LogP) is 4.16. The second-order valence-electron chi connectivity index (χ2n) is 8.72. The van der Waals surface area contributed by atoms with E-state index >= 15 is 0 Å². The highest BCUT2D eigenvalue weighted by Gasteiger charge is 2.36. The molecule has 1 saturated carbocycles. The van der Waals surface area contributed by atoms with E-state index in [0.29, 0.717) is 6.54 Å². The van der Waals surface area contributed by atoms with Crippen molar-refractivity contribution in [2.45, 2.75) is 57.0 Å². The van der Waals surface area contributed by atoms with Gasteiger partial charge in [0.05, 0.1) is 0 Å². The lowest BCUT2D eigenvalue weighted by molar-refractivity contribution is -0.138. The first kappa shape index (κ1) is 22.8. The van der Waals surface area contributed by atoms with Gasteiger partial charge in [-0.1, -0.05) is 55.5 Å². The Labute approximate surface area is 193 Å². The van der Waals surface area contributed by atoms with Gasteiger partial charge < -0.3 is 20.1 Å². The summed E-state index contributed by atoms with van der Waals surface area (Å²) in [6.45, 7) is 2.73. The molecule has 7 heteroatoms. The van der Waals surface area contributed by atoms with Crippen molar-refractivity contribution >= 4 is 18.0 Å². The molecule has 2 N–H and O–H groups in total. The van der Waals surface area contributed by atoms with Crippen LogP contribution in [0.2, 0.25) is 0 Å². The van der Waals surface area contributed by atoms with Gasteiger partial charge in [-0.3, -0.25) is 9.59 Å². The summed E-state index contributed by atoms with van der Waals surface area (Å²) in [7, 11) is 0. The van der Waals surface area contributed by atoms with E-state index in [9.17, 15) is 14.4 Å². The minimum Gasteiger partial charge on any atom is -0.481 e. The molecule has 2 aliphatic carbocycles. The second kappa shape index (κ2) is 10.1. The van der Waals surface area contributed by atoms with Crippen LogP contribution in [-0.2, 0) is 14.3 Å². The molecule has 7 nitrogen and oxygen atoms in total. The normalized spacial score (nSPS) is 15.3. The smallest absolute Gasteiger partial charge is 0.407 e. The fourth-order valence-corrected chi connectivity index (χ4v) is 4.61. The quantitative estimate of drug-likeness (QED) is 0.567. The van der Waals surface area contributed by atoms with Crippen LogP contribution in [0.5, 0.6) is 0 Å². The molecule has 0 aromatic heterocycles. The molecule has 1 atom stereocenters. The molecule has 0 radical (unpaired) electrons. The van der Waals surface area contributed by atoms with Gasteiger partial charge in [-0.15, -0.1) is 0 Å². The minimum absolute atomic E-state index is 0.0330. The molecule has 0 aliphatic heterocycles. The second-order valence-corrected chi connectivity index (χ2v) is 8.72. The first-order valence-corrected chi connectivity index (χ1v) is 11.6. The molecule has 33 heavy (non-hydrogen) atoms. The number of carboxylic acid groups (broad SMARTS) is 1. The summed E-state index contributed by atoms with van der Waals surface area (Å²) in [5.41, 5.74) is 4.48. The van der Waals surface area contributed by atoms with Gasteiger partial charge in [0.2, 0.25) is 5.91 Å². The van der Waals surface area contributed by atoms with Crippen molar-refractivity contribution in [1.82, 2.24) is 10.2 Å². The summed E-state index contributed by atoms with van der Waals surface area (Å²) in [4.78, 5) is 38.7. The molecule has 174 valence electrons. The zero-order valence-corrected chi connectivity index (χ0v) is 18.8. The zero-order chi connectivity index (χ0) is 23.4. The molecule has 1 fully saturated rings. The average Bonchev–Trinajstić information content (AvgIpc) is 3.61. The summed E-state index contributed by atoms with van der Waals surface area (Å²) < 4.78 is 5.57. The fourth-order valence-electron chi connectivity index (χ4n) is 4.61. The van der Waals surface area contributed by atoms with Gasteiger partial charge in [-0.25, -0.2) is 4.79 Å². The van der Waals surface area contributed by atoms with Crippen molar-refractivity contribution in [3.63, 3.8) is 0 Å². The van der Waals surface area contributed by atoms with Crippen LogP contribution in [0.25, 0.3) is 11.1 Å². The molecule has 2 aromatic rings. The van der Waals surface area contributed by atoms with Crippen LogP contribution in [0.3, 0.4) is 0 Å². The summed E-state index contributed by atoms with van der Waals surface area (Å²) >= 11 is 0. The van der Waals surface area contributed by atoms with Gasteiger partial charge in [-0.2, -0.15) is 0 Å². The van der Waals surface area contributed by atoms with Crippen molar-refractivity contribution in [3.05, 3.63) is 59.7 Å². The van der Waals surface area contributed by atoms with Crippen LogP contribution in [0, 0.1) is 0 Å². The molecule has 2 amide bonds. The van der Waals surface area contributed by atoms with E-state index in [1.165, 1.54) is 0 Å². The third-order valence-electron chi connectivity index (χ3n) is 6.32. The third-order valence-corrected chi connectivity index (χ3v) is 6.32. The summed E-state index contributed by atoms with van der Waals surface area (Å²) in [5, 5.41) is 11.8. The van der Waals surface area contributed by atoms with E-state index in [-0.39, 0.29) is 37.3 Å². The first-order chi connectivity index (χ1) is 16.0. The number of nitrogens with zero attached hydrogens (tertiary/aromatic N) is 1. The van der Waals surface area contributed by atoms with Crippen LogP contribution in [0.15, 0.2) is 48.5 Å². The number of alkyl carbamates (subject to hydrolysis) is 1. The van der Waals surface area contributed by atoms with E-state index in [0.717, 1.165) is 41.5 Å². The van der Waals surface area contributed by atoms with E-state index in [1.54, 1.807) is 4.90 Å². The number of hydrogen-bond acceptors (Lipinski definition) is 4. The highest BCUT2D eigenvalue weighted by Crippen LogP contribution is 2.44. The Hall–Kier alpha value is -3.35. The van der Waals surface area contributed by atoms with Crippen LogP contribution in [0.4, 0.5) is 4.79 Å². The largest absolute Gasteiger partial charge is 0.481 e. The number of benzene rings is 2. The number of hydrogen-bond donors (Lipinski definition) is 2. The van der Waals surface area contributed by atoms with Crippen LogP contribution < -0.4 is 5.32 Å². The maximum absolute atomic E-state index is 13.1. The predicted molar refractivity (Wildman–Crippen MR) is 124 cm³/mol. The minimum atomic E-state index is -1.00. The molecule has 2 aliphatic rings. The number of carbonyl (C=O) groups excluding carboxylic acids is 2. The average molecular weight is 451 g/mol. The van der Waals surface area contributed by atoms with Crippen LogP contribution >= 0.6 is 0 Å². The third kappa shape index (κ3) is 5.18. The van der Waals surface area contributed by atoms with E-state index in [2.05, 4.69) is 17.4 Å². The molecule has 4 rings (SSSR count). The Bertz CT molecular complexity index is 987. The van der Waals surface area contributed by atoms with E-state index < -0.39 is 18.1 Å². The lowest BCUT2D eigenvalue weighted by Crippen LogP contribution is -2.50. The molecule has 0 bridgehead atoms. The maximum Gasteiger partial charge on any atom is 0.407 e. The molecule has 2 aromatic carbocycles. The molecule has 1 unspecified atom stereocenters. The molecular formula is C26H30N2O5. The van der Waals surface area contributed by atoms with Gasteiger partial charge in [0.15, 0.2) is 0 Å². The Morgan fingerprint density at radius 3 is 2.21 bits per heavy atom. The number of aliphatic carboxylic acids is 1. The number of carbonyl (C=O) groups is 3. The topological polar surface area (TPSA) is 95.9 Å². The highest BCUT2D eigenvalue weighted by molar-refractivity contribution is 5.87. The fraction of sp³-hybridized carbons (Fsp3) is 0.423. The Balaban J connectivity index is 1.43. The first-order valence-electron chi connectivity index (χ1n) is 11.6. The van der Waals surface area contributed by atoms with Crippen molar-refractivity contribution < 1.29 is 24.2 Å². The maximum atomic E-state index is 13.1. The SMILES string of the molecule is CCCN(C(=O)C(CCC(=O)O)NC(=O)OCC1c2ccccc2-c2ccccc21)C1CC1. The van der Waals surface area contributed by atoms with Crippen molar-refractivity contribution in [2.75, 3.05) is 13.2 Å². The lowest BCUT2D eigenvalue weighted by Gasteiger charge is -2.27. The van der Waals surface area contributed by atoms with Gasteiger partial charge in [-0.05, 0) is 47.9 Å². The van der Waals surface area contributed by atoms with Crippen molar-refractivity contribution in [1.29, 1.82) is 0 Å². The summed E-state index contributed by atoms with van der Waals surface area (Å²) in [6.07, 6.45) is 1.83. The standard InChI is InChI=1S/C26H30N2O5/c1-2-15-28(17-11-12-17)25(31)23(13-14-24(29)30)27-26(32)33-16-22-20-9-5-3-7-18(20)19-8-4-6-10-21(19)22/h3-10,17,22-23H,2,11-16H2,1H3,(H,27,32)(H,29,30). The Kier molecular flexibility index (Phi) is 6.96. The van der Waals surface area contributed by atoms with E-state index in [4.69, 9.17) is 9.84 Å². The van der Waals surface area contributed by atoms with E-state index in [1.807, 2.05) is 43.3 Å². The number of rotatable bonds is 10. The lowest BCUT2D eigenvalue weighted by atomic mass is 9.98. The summed E-state index contributed by atoms with van der Waals surface area (Å²) in [5.74, 6) is -1.32. The number of ether oxygens (including phenoxy) is 1. The zero-order valence-electron chi connectivity index (χ0n) is 18.8. The van der Waals surface area contributed by atoms with Crippen LogP contribution in [0.1, 0.15) is 56.1 Å². The highest BCUT2D eigenvalue weighted by atomic mass is 16.5. The molecule has 0 heterocycles.